The van der Waals surface area contributed by atoms with E-state index in [-0.39, 0.29) is 29.4 Å². The first-order valence-corrected chi connectivity index (χ1v) is 9.47. The predicted molar refractivity (Wildman–Crippen MR) is 88.7 cm³/mol. The molecule has 1 aliphatic heterocycles. The Morgan fingerprint density at radius 3 is 2.45 bits per heavy atom. The standard InChI is InChI=1S/C16H24N2O3S/c1-13(18(2)15-6-4-3-5-7-15)12-17-16(19)14-8-10-22(20,21)11-9-14/h3-7,13-14H,8-12H2,1-2H3,(H,17,19)/t13-/m0/s1. The Labute approximate surface area is 132 Å². The van der Waals surface area contributed by atoms with Crippen LogP contribution in [0.3, 0.4) is 0 Å². The Bertz CT molecular complexity index is 587. The number of benzene rings is 1. The first kappa shape index (κ1) is 16.8. The highest BCUT2D eigenvalue weighted by Crippen LogP contribution is 2.19. The third kappa shape index (κ3) is 4.47. The normalized spacial score (nSPS) is 19.4. The summed E-state index contributed by atoms with van der Waals surface area (Å²) < 4.78 is 22.8. The van der Waals surface area contributed by atoms with Crippen LogP contribution in [0.1, 0.15) is 19.8 Å². The van der Waals surface area contributed by atoms with Crippen molar-refractivity contribution in [3.05, 3.63) is 30.3 Å². The quantitative estimate of drug-likeness (QED) is 0.890. The molecule has 0 aliphatic carbocycles. The zero-order valence-electron chi connectivity index (χ0n) is 13.2. The Morgan fingerprint density at radius 2 is 1.86 bits per heavy atom. The maximum absolute atomic E-state index is 12.1. The molecular weight excluding hydrogens is 300 g/mol. The maximum atomic E-state index is 12.1. The van der Waals surface area contributed by atoms with Crippen molar-refractivity contribution in [2.75, 3.05) is 30.0 Å². The van der Waals surface area contributed by atoms with E-state index in [4.69, 9.17) is 0 Å². The molecule has 1 fully saturated rings. The van der Waals surface area contributed by atoms with Crippen molar-refractivity contribution >= 4 is 21.4 Å². The monoisotopic (exact) mass is 324 g/mol. The number of carbonyl (C=O) groups excluding carboxylic acids is 1. The van der Waals surface area contributed by atoms with Crippen molar-refractivity contribution in [3.8, 4) is 0 Å². The molecule has 22 heavy (non-hydrogen) atoms. The van der Waals surface area contributed by atoms with E-state index in [1.54, 1.807) is 0 Å². The van der Waals surface area contributed by atoms with E-state index in [0.29, 0.717) is 19.4 Å². The molecule has 1 amide bonds. The number of hydrogen-bond acceptors (Lipinski definition) is 4. The summed E-state index contributed by atoms with van der Waals surface area (Å²) in [4.78, 5) is 14.3. The second-order valence-corrected chi connectivity index (χ2v) is 8.27. The zero-order chi connectivity index (χ0) is 16.2. The zero-order valence-corrected chi connectivity index (χ0v) is 14.0. The predicted octanol–water partition coefficient (Wildman–Crippen LogP) is 1.45. The number of carbonyl (C=O) groups is 1. The smallest absolute Gasteiger partial charge is 0.223 e. The average Bonchev–Trinajstić information content (AvgIpc) is 2.52. The molecule has 0 bridgehead atoms. The molecule has 5 nitrogen and oxygen atoms in total. The van der Waals surface area contributed by atoms with E-state index in [9.17, 15) is 13.2 Å². The lowest BCUT2D eigenvalue weighted by Gasteiger charge is -2.28. The van der Waals surface area contributed by atoms with Gasteiger partial charge < -0.3 is 10.2 Å². The number of amides is 1. The van der Waals surface area contributed by atoms with Crippen LogP contribution in [0.15, 0.2) is 30.3 Å². The van der Waals surface area contributed by atoms with E-state index in [1.807, 2.05) is 37.4 Å². The van der Waals surface area contributed by atoms with Crippen molar-refractivity contribution in [2.24, 2.45) is 5.92 Å². The number of para-hydroxylation sites is 1. The lowest BCUT2D eigenvalue weighted by molar-refractivity contribution is -0.125. The second-order valence-electron chi connectivity index (χ2n) is 5.97. The van der Waals surface area contributed by atoms with Crippen LogP contribution in [0, 0.1) is 5.92 Å². The highest BCUT2D eigenvalue weighted by Gasteiger charge is 2.28. The largest absolute Gasteiger partial charge is 0.370 e. The van der Waals surface area contributed by atoms with Gasteiger partial charge in [0.2, 0.25) is 5.91 Å². The third-order valence-electron chi connectivity index (χ3n) is 4.32. The minimum Gasteiger partial charge on any atom is -0.370 e. The van der Waals surface area contributed by atoms with E-state index in [2.05, 4.69) is 17.1 Å². The molecular formula is C16H24N2O3S. The third-order valence-corrected chi connectivity index (χ3v) is 6.04. The summed E-state index contributed by atoms with van der Waals surface area (Å²) in [5.74, 6) is 0.0655. The lowest BCUT2D eigenvalue weighted by Crippen LogP contribution is -2.43. The second kappa shape index (κ2) is 7.13. The fourth-order valence-electron chi connectivity index (χ4n) is 2.60. The van der Waals surface area contributed by atoms with Crippen LogP contribution in [-0.2, 0) is 14.6 Å². The van der Waals surface area contributed by atoms with Crippen LogP contribution in [-0.4, -0.2) is 45.5 Å². The molecule has 6 heteroatoms. The number of sulfone groups is 1. The molecule has 0 aromatic heterocycles. The molecule has 1 atom stereocenters. The summed E-state index contributed by atoms with van der Waals surface area (Å²) in [6, 6.07) is 10.2. The van der Waals surface area contributed by atoms with Crippen LogP contribution >= 0.6 is 0 Å². The van der Waals surface area contributed by atoms with Gasteiger partial charge in [0, 0.05) is 31.2 Å². The van der Waals surface area contributed by atoms with Gasteiger partial charge in [0.25, 0.3) is 0 Å². The van der Waals surface area contributed by atoms with Crippen LogP contribution in [0.4, 0.5) is 5.69 Å². The molecule has 0 saturated carbocycles. The van der Waals surface area contributed by atoms with Gasteiger partial charge in [-0.15, -0.1) is 0 Å². The van der Waals surface area contributed by atoms with Gasteiger partial charge >= 0.3 is 0 Å². The number of nitrogens with zero attached hydrogens (tertiary/aromatic N) is 1. The van der Waals surface area contributed by atoms with Gasteiger partial charge in [-0.2, -0.15) is 0 Å². The van der Waals surface area contributed by atoms with Crippen LogP contribution < -0.4 is 10.2 Å². The molecule has 0 spiro atoms. The fraction of sp³-hybridized carbons (Fsp3) is 0.562. The Kier molecular flexibility index (Phi) is 5.45. The number of rotatable bonds is 5. The van der Waals surface area contributed by atoms with Gasteiger partial charge in [-0.3, -0.25) is 4.79 Å². The molecule has 1 aromatic rings. The molecule has 1 aromatic carbocycles. The SMILES string of the molecule is C[C@@H](CNC(=O)C1CCS(=O)(=O)CC1)N(C)c1ccccc1. The van der Waals surface area contributed by atoms with Gasteiger partial charge in [0.05, 0.1) is 11.5 Å². The average molecular weight is 324 g/mol. The van der Waals surface area contributed by atoms with Gasteiger partial charge in [-0.25, -0.2) is 8.42 Å². The van der Waals surface area contributed by atoms with E-state index < -0.39 is 9.84 Å². The summed E-state index contributed by atoms with van der Waals surface area (Å²) in [5, 5.41) is 2.95. The van der Waals surface area contributed by atoms with E-state index >= 15 is 0 Å². The van der Waals surface area contributed by atoms with Crippen LogP contribution in [0.2, 0.25) is 0 Å². The summed E-state index contributed by atoms with van der Waals surface area (Å²) >= 11 is 0. The van der Waals surface area contributed by atoms with Gasteiger partial charge in [-0.05, 0) is 31.9 Å². The summed E-state index contributed by atoms with van der Waals surface area (Å²) in [5.41, 5.74) is 1.10. The first-order chi connectivity index (χ1) is 10.4. The molecule has 1 saturated heterocycles. The number of anilines is 1. The number of nitrogens with one attached hydrogen (secondary N) is 1. The molecule has 0 radical (unpaired) electrons. The van der Waals surface area contributed by atoms with Gasteiger partial charge in [0.1, 0.15) is 9.84 Å². The van der Waals surface area contributed by atoms with Crippen molar-refractivity contribution in [1.29, 1.82) is 0 Å². The van der Waals surface area contributed by atoms with E-state index in [1.165, 1.54) is 0 Å². The fourth-order valence-corrected chi connectivity index (χ4v) is 4.09. The Balaban J connectivity index is 1.81. The van der Waals surface area contributed by atoms with Gasteiger partial charge in [-0.1, -0.05) is 18.2 Å². The Hall–Kier alpha value is -1.56. The molecule has 1 N–H and O–H groups in total. The lowest BCUT2D eigenvalue weighted by atomic mass is 10.0. The van der Waals surface area contributed by atoms with Crippen LogP contribution in [0.25, 0.3) is 0 Å². The van der Waals surface area contributed by atoms with Crippen molar-refractivity contribution < 1.29 is 13.2 Å². The topological polar surface area (TPSA) is 66.5 Å². The maximum Gasteiger partial charge on any atom is 0.223 e. The summed E-state index contributed by atoms with van der Waals surface area (Å²) in [7, 11) is -0.919. The molecule has 0 unspecified atom stereocenters. The highest BCUT2D eigenvalue weighted by atomic mass is 32.2. The molecule has 1 heterocycles. The number of likely N-dealkylation sites (N-methyl/N-ethyl adjacent to an activating group) is 1. The van der Waals surface area contributed by atoms with Gasteiger partial charge in [0.15, 0.2) is 0 Å². The van der Waals surface area contributed by atoms with Crippen molar-refractivity contribution in [3.63, 3.8) is 0 Å². The van der Waals surface area contributed by atoms with Crippen molar-refractivity contribution in [1.82, 2.24) is 5.32 Å². The van der Waals surface area contributed by atoms with E-state index in [0.717, 1.165) is 5.69 Å². The minimum absolute atomic E-state index is 0.0248. The summed E-state index contributed by atoms with van der Waals surface area (Å²) in [6.07, 6.45) is 0.883. The first-order valence-electron chi connectivity index (χ1n) is 7.65. The summed E-state index contributed by atoms with van der Waals surface area (Å²) in [6.45, 7) is 2.60. The van der Waals surface area contributed by atoms with Crippen LogP contribution in [0.5, 0.6) is 0 Å². The van der Waals surface area contributed by atoms with Crippen molar-refractivity contribution in [2.45, 2.75) is 25.8 Å². The molecule has 122 valence electrons. The highest BCUT2D eigenvalue weighted by molar-refractivity contribution is 7.91. The molecule has 1 aliphatic rings. The number of hydrogen-bond donors (Lipinski definition) is 1. The minimum atomic E-state index is -2.92. The Morgan fingerprint density at radius 1 is 1.27 bits per heavy atom. The molecule has 2 rings (SSSR count).